The van der Waals surface area contributed by atoms with Gasteiger partial charge in [0.1, 0.15) is 0 Å². The van der Waals surface area contributed by atoms with Gasteiger partial charge in [0.25, 0.3) is 0 Å². The van der Waals surface area contributed by atoms with Crippen LogP contribution in [0.1, 0.15) is 30.4 Å². The standard InChI is InChI=1S/C18H26N2O3/c1-15-4-2-3-5-16(15)14-19-17(21)6-9-20-10-7-18(8-11-20)22-12-13-23-18/h2-5H,6-14H2,1H3,(H,19,21). The van der Waals surface area contributed by atoms with Gasteiger partial charge in [0, 0.05) is 45.4 Å². The number of hydrogen-bond donors (Lipinski definition) is 1. The molecule has 2 saturated heterocycles. The number of carbonyl (C=O) groups is 1. The summed E-state index contributed by atoms with van der Waals surface area (Å²) in [5.74, 6) is -0.217. The van der Waals surface area contributed by atoms with Crippen LogP contribution < -0.4 is 5.32 Å². The molecule has 23 heavy (non-hydrogen) atoms. The molecule has 0 aliphatic carbocycles. The molecule has 0 bridgehead atoms. The largest absolute Gasteiger partial charge is 0.352 e. The molecule has 2 heterocycles. The second-order valence-electron chi connectivity index (χ2n) is 6.40. The summed E-state index contributed by atoms with van der Waals surface area (Å²) in [6, 6.07) is 8.15. The maximum absolute atomic E-state index is 12.0. The normalized spacial score (nSPS) is 20.7. The van der Waals surface area contributed by atoms with Crippen LogP contribution in [0, 0.1) is 6.92 Å². The molecule has 0 saturated carbocycles. The van der Waals surface area contributed by atoms with Crippen LogP contribution in [0.5, 0.6) is 0 Å². The van der Waals surface area contributed by atoms with E-state index >= 15 is 0 Å². The van der Waals surface area contributed by atoms with Crippen molar-refractivity contribution in [1.82, 2.24) is 10.2 Å². The molecule has 1 aromatic carbocycles. The van der Waals surface area contributed by atoms with Gasteiger partial charge in [-0.15, -0.1) is 0 Å². The summed E-state index contributed by atoms with van der Waals surface area (Å²) in [7, 11) is 0. The first kappa shape index (κ1) is 16.4. The predicted molar refractivity (Wildman–Crippen MR) is 88.0 cm³/mol. The Balaban J connectivity index is 1.36. The molecule has 2 aliphatic heterocycles. The van der Waals surface area contributed by atoms with E-state index in [1.165, 1.54) is 11.1 Å². The molecule has 5 nitrogen and oxygen atoms in total. The van der Waals surface area contributed by atoms with Crippen LogP contribution >= 0.6 is 0 Å². The van der Waals surface area contributed by atoms with Crippen molar-refractivity contribution in [1.29, 1.82) is 0 Å². The van der Waals surface area contributed by atoms with Crippen LogP contribution in [0.3, 0.4) is 0 Å². The minimum atomic E-state index is -0.330. The topological polar surface area (TPSA) is 50.8 Å². The highest BCUT2D eigenvalue weighted by atomic mass is 16.7. The lowest BCUT2D eigenvalue weighted by molar-refractivity contribution is -0.185. The van der Waals surface area contributed by atoms with E-state index in [9.17, 15) is 4.79 Å². The van der Waals surface area contributed by atoms with Gasteiger partial charge >= 0.3 is 0 Å². The molecule has 5 heteroatoms. The number of carbonyl (C=O) groups excluding carboxylic acids is 1. The lowest BCUT2D eigenvalue weighted by Crippen LogP contribution is -2.45. The number of nitrogens with one attached hydrogen (secondary N) is 1. The number of likely N-dealkylation sites (tertiary alicyclic amines) is 1. The van der Waals surface area contributed by atoms with Crippen LogP contribution in [0.4, 0.5) is 0 Å². The van der Waals surface area contributed by atoms with Crippen LogP contribution in [-0.2, 0) is 20.8 Å². The summed E-state index contributed by atoms with van der Waals surface area (Å²) in [5.41, 5.74) is 2.39. The van der Waals surface area contributed by atoms with E-state index in [4.69, 9.17) is 9.47 Å². The number of hydrogen-bond acceptors (Lipinski definition) is 4. The quantitative estimate of drug-likeness (QED) is 0.900. The summed E-state index contributed by atoms with van der Waals surface area (Å²) in [6.07, 6.45) is 2.34. The zero-order valence-corrected chi connectivity index (χ0v) is 13.8. The van der Waals surface area contributed by atoms with Gasteiger partial charge in [-0.2, -0.15) is 0 Å². The maximum atomic E-state index is 12.0. The van der Waals surface area contributed by atoms with E-state index in [1.807, 2.05) is 12.1 Å². The minimum Gasteiger partial charge on any atom is -0.352 e. The summed E-state index contributed by atoms with van der Waals surface area (Å²) in [5, 5.41) is 3.01. The highest BCUT2D eigenvalue weighted by Crippen LogP contribution is 2.31. The lowest BCUT2D eigenvalue weighted by Gasteiger charge is -2.37. The summed E-state index contributed by atoms with van der Waals surface area (Å²) >= 11 is 0. The molecule has 3 rings (SSSR count). The molecule has 0 unspecified atom stereocenters. The fourth-order valence-corrected chi connectivity index (χ4v) is 3.25. The van der Waals surface area contributed by atoms with Crippen molar-refractivity contribution in [2.45, 2.75) is 38.5 Å². The number of aryl methyl sites for hydroxylation is 1. The Morgan fingerprint density at radius 1 is 1.22 bits per heavy atom. The fourth-order valence-electron chi connectivity index (χ4n) is 3.25. The van der Waals surface area contributed by atoms with Gasteiger partial charge in [0.2, 0.25) is 5.91 Å². The molecule has 0 atom stereocenters. The van der Waals surface area contributed by atoms with E-state index < -0.39 is 0 Å². The Morgan fingerprint density at radius 3 is 2.61 bits per heavy atom. The van der Waals surface area contributed by atoms with E-state index in [0.717, 1.165) is 32.5 Å². The first-order valence-corrected chi connectivity index (χ1v) is 8.48. The Labute approximate surface area is 137 Å². The molecular weight excluding hydrogens is 292 g/mol. The van der Waals surface area contributed by atoms with Crippen molar-refractivity contribution in [3.8, 4) is 0 Å². The first-order chi connectivity index (χ1) is 11.2. The molecule has 2 aliphatic rings. The third-order valence-electron chi connectivity index (χ3n) is 4.82. The highest BCUT2D eigenvalue weighted by molar-refractivity contribution is 5.76. The number of ether oxygens (including phenoxy) is 2. The third kappa shape index (κ3) is 4.31. The second-order valence-corrected chi connectivity index (χ2v) is 6.40. The van der Waals surface area contributed by atoms with E-state index in [0.29, 0.717) is 26.2 Å². The zero-order chi connectivity index (χ0) is 16.1. The van der Waals surface area contributed by atoms with Gasteiger partial charge in [0.05, 0.1) is 13.2 Å². The molecule has 1 spiro atoms. The number of amides is 1. The van der Waals surface area contributed by atoms with Crippen LogP contribution in [0.15, 0.2) is 24.3 Å². The molecule has 2 fully saturated rings. The average Bonchev–Trinajstić information content (AvgIpc) is 3.02. The predicted octanol–water partition coefficient (Wildman–Crippen LogP) is 1.84. The van der Waals surface area contributed by atoms with E-state index in [1.54, 1.807) is 0 Å². The third-order valence-corrected chi connectivity index (χ3v) is 4.82. The van der Waals surface area contributed by atoms with Gasteiger partial charge in [-0.05, 0) is 18.1 Å². The number of rotatable bonds is 5. The van der Waals surface area contributed by atoms with Crippen molar-refractivity contribution in [3.63, 3.8) is 0 Å². The molecular formula is C18H26N2O3. The second kappa shape index (κ2) is 7.43. The number of nitrogens with zero attached hydrogens (tertiary/aromatic N) is 1. The van der Waals surface area contributed by atoms with Gasteiger partial charge in [-0.25, -0.2) is 0 Å². The van der Waals surface area contributed by atoms with Crippen molar-refractivity contribution < 1.29 is 14.3 Å². The molecule has 1 amide bonds. The first-order valence-electron chi connectivity index (χ1n) is 8.48. The van der Waals surface area contributed by atoms with Crippen LogP contribution in [0.25, 0.3) is 0 Å². The average molecular weight is 318 g/mol. The Hall–Kier alpha value is -1.43. The summed E-state index contributed by atoms with van der Waals surface area (Å²) in [4.78, 5) is 14.4. The van der Waals surface area contributed by atoms with Crippen molar-refractivity contribution in [2.75, 3.05) is 32.8 Å². The van der Waals surface area contributed by atoms with Crippen LogP contribution in [0.2, 0.25) is 0 Å². The van der Waals surface area contributed by atoms with E-state index in [2.05, 4.69) is 29.3 Å². The van der Waals surface area contributed by atoms with Crippen LogP contribution in [-0.4, -0.2) is 49.4 Å². The molecule has 126 valence electrons. The molecule has 0 aromatic heterocycles. The highest BCUT2D eigenvalue weighted by Gasteiger charge is 2.39. The minimum absolute atomic E-state index is 0.113. The summed E-state index contributed by atoms with van der Waals surface area (Å²) < 4.78 is 11.5. The molecule has 1 aromatic rings. The van der Waals surface area contributed by atoms with E-state index in [-0.39, 0.29) is 11.7 Å². The van der Waals surface area contributed by atoms with Gasteiger partial charge in [-0.1, -0.05) is 24.3 Å². The van der Waals surface area contributed by atoms with Crippen molar-refractivity contribution in [3.05, 3.63) is 35.4 Å². The monoisotopic (exact) mass is 318 g/mol. The molecule has 1 N–H and O–H groups in total. The zero-order valence-electron chi connectivity index (χ0n) is 13.8. The van der Waals surface area contributed by atoms with Gasteiger partial charge < -0.3 is 19.7 Å². The van der Waals surface area contributed by atoms with Gasteiger partial charge in [-0.3, -0.25) is 4.79 Å². The fraction of sp³-hybridized carbons (Fsp3) is 0.611. The lowest BCUT2D eigenvalue weighted by atomic mass is 10.0. The Kier molecular flexibility index (Phi) is 5.30. The van der Waals surface area contributed by atoms with Gasteiger partial charge in [0.15, 0.2) is 5.79 Å². The Morgan fingerprint density at radius 2 is 1.91 bits per heavy atom. The summed E-state index contributed by atoms with van der Waals surface area (Å²) in [6.45, 7) is 6.77. The smallest absolute Gasteiger partial charge is 0.221 e. The number of benzene rings is 1. The Bertz CT molecular complexity index is 531. The number of piperidine rings is 1. The SMILES string of the molecule is Cc1ccccc1CNC(=O)CCN1CCC2(CC1)OCCO2. The van der Waals surface area contributed by atoms with Crippen molar-refractivity contribution >= 4 is 5.91 Å². The maximum Gasteiger partial charge on any atom is 0.221 e. The van der Waals surface area contributed by atoms with Crippen molar-refractivity contribution in [2.24, 2.45) is 0 Å². The molecule has 0 radical (unpaired) electrons.